The Bertz CT molecular complexity index is 569. The highest BCUT2D eigenvalue weighted by Crippen LogP contribution is 2.65. The van der Waals surface area contributed by atoms with Crippen molar-refractivity contribution in [1.29, 1.82) is 0 Å². The van der Waals surface area contributed by atoms with Crippen molar-refractivity contribution in [1.82, 2.24) is 4.90 Å². The molecule has 2 unspecified atom stereocenters. The molecular weight excluding hydrogens is 258 g/mol. The van der Waals surface area contributed by atoms with E-state index in [1.165, 1.54) is 25.7 Å². The Balaban J connectivity index is 1.96. The fourth-order valence-corrected chi connectivity index (χ4v) is 6.03. The summed E-state index contributed by atoms with van der Waals surface area (Å²) in [5.74, 6) is 2.56. The van der Waals surface area contributed by atoms with Gasteiger partial charge in [0.1, 0.15) is 5.75 Å². The van der Waals surface area contributed by atoms with Crippen LogP contribution in [-0.2, 0) is 5.41 Å². The summed E-state index contributed by atoms with van der Waals surface area (Å²) in [6.07, 6.45) is 5.55. The Kier molecular flexibility index (Phi) is 2.91. The smallest absolute Gasteiger partial charge is 0.119 e. The highest BCUT2D eigenvalue weighted by molar-refractivity contribution is 5.50. The second kappa shape index (κ2) is 4.49. The zero-order valence-corrected chi connectivity index (χ0v) is 13.7. The molecule has 5 atom stereocenters. The van der Waals surface area contributed by atoms with Crippen LogP contribution in [-0.4, -0.2) is 25.1 Å². The zero-order chi connectivity index (χ0) is 14.8. The maximum Gasteiger partial charge on any atom is 0.119 e. The van der Waals surface area contributed by atoms with Gasteiger partial charge in [0.2, 0.25) is 0 Å². The molecule has 2 fully saturated rings. The van der Waals surface area contributed by atoms with E-state index in [1.807, 2.05) is 0 Å². The minimum Gasteiger partial charge on any atom is -0.497 e. The van der Waals surface area contributed by atoms with Gasteiger partial charge in [0, 0.05) is 17.5 Å². The molecule has 0 aromatic heterocycles. The number of hydrogen-bond donors (Lipinski definition) is 0. The van der Waals surface area contributed by atoms with E-state index in [4.69, 9.17) is 4.74 Å². The maximum atomic E-state index is 5.54. The van der Waals surface area contributed by atoms with Crippen LogP contribution in [0.15, 0.2) is 18.2 Å². The number of benzene rings is 1. The second-order valence-corrected chi connectivity index (χ2v) is 7.49. The van der Waals surface area contributed by atoms with Gasteiger partial charge in [0.05, 0.1) is 7.11 Å². The molecule has 1 aliphatic heterocycles. The van der Waals surface area contributed by atoms with E-state index in [0.29, 0.717) is 17.5 Å². The number of likely N-dealkylation sites (tertiary alicyclic amines) is 1. The summed E-state index contributed by atoms with van der Waals surface area (Å²) in [6.45, 7) is 4.95. The molecule has 1 aromatic rings. The van der Waals surface area contributed by atoms with Crippen LogP contribution in [0.25, 0.3) is 0 Å². The molecule has 2 aliphatic carbocycles. The Morgan fingerprint density at radius 1 is 1.24 bits per heavy atom. The third-order valence-electron chi connectivity index (χ3n) is 7.05. The largest absolute Gasteiger partial charge is 0.497 e. The maximum absolute atomic E-state index is 5.54. The predicted molar refractivity (Wildman–Crippen MR) is 85.8 cm³/mol. The Hall–Kier alpha value is -1.02. The SMILES string of the molecule is COc1ccc2c(c1)C13CCCCC1[C@H](C)N(C)[C@H]2[C@@H]3C. The molecule has 1 heterocycles. The van der Waals surface area contributed by atoms with Crippen LogP contribution >= 0.6 is 0 Å². The molecule has 0 radical (unpaired) electrons. The molecule has 4 rings (SSSR count). The summed E-state index contributed by atoms with van der Waals surface area (Å²) in [6, 6.07) is 8.12. The van der Waals surface area contributed by atoms with Crippen LogP contribution in [0.4, 0.5) is 0 Å². The van der Waals surface area contributed by atoms with Crippen LogP contribution in [0.2, 0.25) is 0 Å². The van der Waals surface area contributed by atoms with E-state index in [9.17, 15) is 0 Å². The van der Waals surface area contributed by atoms with Crippen LogP contribution in [0.1, 0.15) is 56.7 Å². The molecule has 0 N–H and O–H groups in total. The molecule has 3 aliphatic rings. The highest BCUT2D eigenvalue weighted by Gasteiger charge is 2.61. The molecule has 1 spiro atoms. The van der Waals surface area contributed by atoms with Gasteiger partial charge in [-0.15, -0.1) is 0 Å². The number of nitrogens with zero attached hydrogens (tertiary/aromatic N) is 1. The summed E-state index contributed by atoms with van der Waals surface area (Å²) < 4.78 is 5.54. The summed E-state index contributed by atoms with van der Waals surface area (Å²) >= 11 is 0. The number of piperidine rings is 1. The average Bonchev–Trinajstić information content (AvgIpc) is 2.70. The van der Waals surface area contributed by atoms with Gasteiger partial charge in [-0.2, -0.15) is 0 Å². The topological polar surface area (TPSA) is 12.5 Å². The van der Waals surface area contributed by atoms with Gasteiger partial charge in [0.25, 0.3) is 0 Å². The zero-order valence-electron chi connectivity index (χ0n) is 13.7. The number of methoxy groups -OCH3 is 1. The highest BCUT2D eigenvalue weighted by atomic mass is 16.5. The Labute approximate surface area is 128 Å². The lowest BCUT2D eigenvalue weighted by Crippen LogP contribution is -2.56. The van der Waals surface area contributed by atoms with Crippen molar-refractivity contribution < 1.29 is 4.74 Å². The van der Waals surface area contributed by atoms with Crippen molar-refractivity contribution in [3.8, 4) is 5.75 Å². The fraction of sp³-hybridized carbons (Fsp3) is 0.684. The summed E-state index contributed by atoms with van der Waals surface area (Å²) in [5.41, 5.74) is 3.58. The van der Waals surface area contributed by atoms with Gasteiger partial charge in [-0.1, -0.05) is 25.8 Å². The first kappa shape index (κ1) is 13.6. The normalized spacial score (nSPS) is 41.5. The third kappa shape index (κ3) is 1.52. The Morgan fingerprint density at radius 3 is 2.81 bits per heavy atom. The number of fused-ring (bicyclic) bond motifs is 3. The van der Waals surface area contributed by atoms with Crippen LogP contribution < -0.4 is 4.74 Å². The Morgan fingerprint density at radius 2 is 2.05 bits per heavy atom. The van der Waals surface area contributed by atoms with Crippen molar-refractivity contribution >= 4 is 0 Å². The lowest BCUT2D eigenvalue weighted by molar-refractivity contribution is -0.0419. The van der Waals surface area contributed by atoms with Gasteiger partial charge < -0.3 is 4.74 Å². The monoisotopic (exact) mass is 285 g/mol. The van der Waals surface area contributed by atoms with E-state index in [-0.39, 0.29) is 0 Å². The molecular formula is C19H27NO. The van der Waals surface area contributed by atoms with Gasteiger partial charge in [-0.05, 0) is 61.9 Å². The second-order valence-electron chi connectivity index (χ2n) is 7.49. The van der Waals surface area contributed by atoms with Crippen LogP contribution in [0, 0.1) is 11.8 Å². The van der Waals surface area contributed by atoms with Crippen molar-refractivity contribution in [2.75, 3.05) is 14.2 Å². The van der Waals surface area contributed by atoms with Gasteiger partial charge in [-0.3, -0.25) is 4.90 Å². The van der Waals surface area contributed by atoms with Gasteiger partial charge >= 0.3 is 0 Å². The lowest BCUT2D eigenvalue weighted by atomic mass is 9.55. The first-order valence-corrected chi connectivity index (χ1v) is 8.51. The van der Waals surface area contributed by atoms with Gasteiger partial charge in [0.15, 0.2) is 0 Å². The fourth-order valence-electron chi connectivity index (χ4n) is 6.03. The number of hydrogen-bond acceptors (Lipinski definition) is 2. The minimum absolute atomic E-state index is 0.402. The number of rotatable bonds is 1. The van der Waals surface area contributed by atoms with E-state index in [0.717, 1.165) is 17.6 Å². The van der Waals surface area contributed by atoms with Crippen molar-refractivity contribution in [3.63, 3.8) is 0 Å². The van der Waals surface area contributed by atoms with Crippen molar-refractivity contribution in [3.05, 3.63) is 29.3 Å². The quantitative estimate of drug-likeness (QED) is 0.768. The molecule has 1 aromatic carbocycles. The summed E-state index contributed by atoms with van der Waals surface area (Å²) in [5, 5.41) is 0. The molecule has 21 heavy (non-hydrogen) atoms. The molecule has 2 nitrogen and oxygen atoms in total. The lowest BCUT2D eigenvalue weighted by Gasteiger charge is -2.56. The summed E-state index contributed by atoms with van der Waals surface area (Å²) in [4.78, 5) is 2.65. The van der Waals surface area contributed by atoms with Crippen molar-refractivity contribution in [2.45, 2.75) is 57.0 Å². The van der Waals surface area contributed by atoms with Crippen LogP contribution in [0.5, 0.6) is 5.75 Å². The van der Waals surface area contributed by atoms with E-state index < -0.39 is 0 Å². The van der Waals surface area contributed by atoms with E-state index >= 15 is 0 Å². The molecule has 114 valence electrons. The summed E-state index contributed by atoms with van der Waals surface area (Å²) in [7, 11) is 4.13. The molecule has 1 saturated carbocycles. The molecule has 1 saturated heterocycles. The average molecular weight is 285 g/mol. The number of ether oxygens (including phenoxy) is 1. The van der Waals surface area contributed by atoms with E-state index in [2.05, 4.69) is 44.0 Å². The van der Waals surface area contributed by atoms with Gasteiger partial charge in [-0.25, -0.2) is 0 Å². The first-order chi connectivity index (χ1) is 10.1. The third-order valence-corrected chi connectivity index (χ3v) is 7.05. The molecule has 2 bridgehead atoms. The standard InChI is InChI=1S/C19H27NO/c1-12-18-15-9-8-14(21-4)11-17(15)19(12)10-6-5-7-16(19)13(2)20(18)3/h8-9,11-13,16,18H,5-7,10H2,1-4H3/t12-,13-,16?,18-,19?/m0/s1. The van der Waals surface area contributed by atoms with E-state index in [1.54, 1.807) is 18.2 Å². The molecule has 2 heteroatoms. The van der Waals surface area contributed by atoms with Crippen molar-refractivity contribution in [2.24, 2.45) is 11.8 Å². The first-order valence-electron chi connectivity index (χ1n) is 8.51. The predicted octanol–water partition coefficient (Wildman–Crippen LogP) is 4.15. The minimum atomic E-state index is 0.402. The molecule has 0 amide bonds. The van der Waals surface area contributed by atoms with Crippen LogP contribution in [0.3, 0.4) is 0 Å².